The minimum Gasteiger partial charge on any atom is -0.368 e. The molecule has 0 aliphatic heterocycles. The lowest BCUT2D eigenvalue weighted by atomic mass is 9.79. The maximum Gasteiger partial charge on any atom is 0.237 e. The number of carbonyl (C=O) groups excluding carboxylic acids is 1. The Bertz CT molecular complexity index is 536. The fourth-order valence-electron chi connectivity index (χ4n) is 3.90. The maximum absolute atomic E-state index is 11.6. The number of carbonyl (C=O) groups is 1. The van der Waals surface area contributed by atoms with E-state index in [1.165, 1.54) is 24.2 Å². The number of fused-ring (bicyclic) bond motifs is 1. The van der Waals surface area contributed by atoms with Gasteiger partial charge in [-0.15, -0.1) is 0 Å². The molecule has 5 nitrogen and oxygen atoms in total. The van der Waals surface area contributed by atoms with Crippen molar-refractivity contribution in [2.75, 3.05) is 0 Å². The molecule has 1 heterocycles. The normalized spacial score (nSPS) is 30.0. The molecule has 2 aliphatic carbocycles. The van der Waals surface area contributed by atoms with Gasteiger partial charge in [0.05, 0.1) is 11.2 Å². The van der Waals surface area contributed by atoms with Gasteiger partial charge in [0.2, 0.25) is 5.91 Å². The van der Waals surface area contributed by atoms with Crippen LogP contribution in [0.2, 0.25) is 0 Å². The van der Waals surface area contributed by atoms with Crippen LogP contribution in [-0.2, 0) is 17.6 Å². The van der Waals surface area contributed by atoms with E-state index in [4.69, 9.17) is 16.5 Å². The Morgan fingerprint density at radius 1 is 1.35 bits per heavy atom. The zero-order valence-corrected chi connectivity index (χ0v) is 12.2. The number of hydrogen-bond donors (Lipinski definition) is 2. The zero-order chi connectivity index (χ0) is 14.3. The molecule has 1 amide bonds. The van der Waals surface area contributed by atoms with Gasteiger partial charge in [0.1, 0.15) is 5.82 Å². The number of amides is 1. The molecule has 5 heteroatoms. The summed E-state index contributed by atoms with van der Waals surface area (Å²) in [6.45, 7) is 2.06. The lowest BCUT2D eigenvalue weighted by Crippen LogP contribution is -2.55. The summed E-state index contributed by atoms with van der Waals surface area (Å²) in [5.41, 5.74) is 13.5. The predicted octanol–water partition coefficient (Wildman–Crippen LogP) is 1.37. The quantitative estimate of drug-likeness (QED) is 0.855. The molecular weight excluding hydrogens is 252 g/mol. The number of rotatable bonds is 2. The minimum absolute atomic E-state index is 0.274. The van der Waals surface area contributed by atoms with Gasteiger partial charge < -0.3 is 16.0 Å². The molecule has 4 N–H and O–H groups in total. The van der Waals surface area contributed by atoms with Crippen LogP contribution in [0.25, 0.3) is 0 Å². The second kappa shape index (κ2) is 4.88. The van der Waals surface area contributed by atoms with Gasteiger partial charge in [0.15, 0.2) is 0 Å². The van der Waals surface area contributed by atoms with Crippen LogP contribution in [0.3, 0.4) is 0 Å². The summed E-state index contributed by atoms with van der Waals surface area (Å²) in [6.07, 6.45) is 8.01. The van der Waals surface area contributed by atoms with Crippen molar-refractivity contribution in [2.24, 2.45) is 11.5 Å². The van der Waals surface area contributed by atoms with Gasteiger partial charge in [-0.05, 0) is 58.3 Å². The fraction of sp³-hybridized carbons (Fsp3) is 0.733. The van der Waals surface area contributed by atoms with E-state index in [9.17, 15) is 4.79 Å². The molecule has 1 aromatic rings. The van der Waals surface area contributed by atoms with Crippen molar-refractivity contribution in [1.29, 1.82) is 0 Å². The minimum atomic E-state index is -0.846. The molecule has 0 radical (unpaired) electrons. The Hall–Kier alpha value is -1.36. The lowest BCUT2D eigenvalue weighted by Gasteiger charge is -2.37. The Kier molecular flexibility index (Phi) is 3.32. The highest BCUT2D eigenvalue weighted by Crippen LogP contribution is 2.37. The maximum atomic E-state index is 11.6. The summed E-state index contributed by atoms with van der Waals surface area (Å²) >= 11 is 0. The van der Waals surface area contributed by atoms with Crippen molar-refractivity contribution in [3.8, 4) is 0 Å². The second-order valence-electron chi connectivity index (χ2n) is 6.40. The lowest BCUT2D eigenvalue weighted by molar-refractivity contribution is -0.124. The van der Waals surface area contributed by atoms with E-state index < -0.39 is 5.54 Å². The van der Waals surface area contributed by atoms with E-state index in [1.807, 2.05) is 0 Å². The number of aryl methyl sites for hydroxylation is 2. The van der Waals surface area contributed by atoms with Crippen molar-refractivity contribution in [3.05, 3.63) is 17.2 Å². The molecule has 2 atom stereocenters. The molecule has 1 saturated carbocycles. The number of nitrogens with zero attached hydrogens (tertiary/aromatic N) is 2. The van der Waals surface area contributed by atoms with Gasteiger partial charge in [-0.2, -0.15) is 0 Å². The Balaban J connectivity index is 1.93. The number of nitrogens with two attached hydrogens (primary N) is 2. The molecule has 20 heavy (non-hydrogen) atoms. The van der Waals surface area contributed by atoms with Crippen LogP contribution in [0.15, 0.2) is 0 Å². The summed E-state index contributed by atoms with van der Waals surface area (Å²) in [4.78, 5) is 16.4. The fourth-order valence-corrected chi connectivity index (χ4v) is 3.90. The van der Waals surface area contributed by atoms with Gasteiger partial charge >= 0.3 is 0 Å². The molecule has 1 aromatic heterocycles. The van der Waals surface area contributed by atoms with Gasteiger partial charge in [0, 0.05) is 11.7 Å². The van der Waals surface area contributed by atoms with E-state index in [2.05, 4.69) is 11.5 Å². The van der Waals surface area contributed by atoms with Crippen LogP contribution < -0.4 is 11.5 Å². The highest BCUT2D eigenvalue weighted by Gasteiger charge is 2.39. The third kappa shape index (κ3) is 2.14. The van der Waals surface area contributed by atoms with Crippen molar-refractivity contribution in [3.63, 3.8) is 0 Å². The third-order valence-corrected chi connectivity index (χ3v) is 4.96. The molecule has 0 aromatic carbocycles. The van der Waals surface area contributed by atoms with Crippen molar-refractivity contribution >= 4 is 5.91 Å². The van der Waals surface area contributed by atoms with Crippen LogP contribution in [0, 0.1) is 6.92 Å². The molecule has 2 unspecified atom stereocenters. The molecule has 0 saturated heterocycles. The SMILES string of the molecule is Cc1nc2c(n1C1CCCC(N)(C(N)=O)C1)CCCC2. The van der Waals surface area contributed by atoms with Crippen LogP contribution in [0.4, 0.5) is 0 Å². The summed E-state index contributed by atoms with van der Waals surface area (Å²) in [5, 5.41) is 0. The average molecular weight is 276 g/mol. The average Bonchev–Trinajstić information content (AvgIpc) is 2.74. The van der Waals surface area contributed by atoms with Crippen LogP contribution >= 0.6 is 0 Å². The number of primary amides is 1. The molecular formula is C15H24N4O. The Morgan fingerprint density at radius 3 is 2.85 bits per heavy atom. The van der Waals surface area contributed by atoms with Crippen molar-refractivity contribution in [1.82, 2.24) is 9.55 Å². The van der Waals surface area contributed by atoms with Crippen LogP contribution in [-0.4, -0.2) is 21.0 Å². The molecule has 0 spiro atoms. The Morgan fingerprint density at radius 2 is 2.10 bits per heavy atom. The summed E-state index contributed by atoms with van der Waals surface area (Å²) in [5.74, 6) is 0.699. The van der Waals surface area contributed by atoms with Crippen molar-refractivity contribution in [2.45, 2.75) is 69.9 Å². The zero-order valence-electron chi connectivity index (χ0n) is 12.2. The Labute approximate surface area is 119 Å². The first-order valence-electron chi connectivity index (χ1n) is 7.66. The standard InChI is InChI=1S/C15H24N4O/c1-10-18-12-6-2-3-7-13(12)19(10)11-5-4-8-15(17,9-11)14(16)20/h11H,2-9,17H2,1H3,(H2,16,20). The van der Waals surface area contributed by atoms with Gasteiger partial charge in [0.25, 0.3) is 0 Å². The van der Waals surface area contributed by atoms with Crippen LogP contribution in [0.5, 0.6) is 0 Å². The summed E-state index contributed by atoms with van der Waals surface area (Å²) in [6, 6.07) is 0.274. The smallest absolute Gasteiger partial charge is 0.237 e. The predicted molar refractivity (Wildman–Crippen MR) is 77.2 cm³/mol. The van der Waals surface area contributed by atoms with Gasteiger partial charge in [-0.3, -0.25) is 4.79 Å². The summed E-state index contributed by atoms with van der Waals surface area (Å²) < 4.78 is 2.35. The first-order valence-corrected chi connectivity index (χ1v) is 7.66. The van der Waals surface area contributed by atoms with E-state index in [0.717, 1.165) is 31.5 Å². The van der Waals surface area contributed by atoms with Gasteiger partial charge in [-0.1, -0.05) is 0 Å². The van der Waals surface area contributed by atoms with E-state index in [-0.39, 0.29) is 11.9 Å². The number of imidazole rings is 1. The largest absolute Gasteiger partial charge is 0.368 e. The monoisotopic (exact) mass is 276 g/mol. The first-order chi connectivity index (χ1) is 9.51. The molecule has 2 aliphatic rings. The first kappa shape index (κ1) is 13.6. The van der Waals surface area contributed by atoms with Crippen molar-refractivity contribution < 1.29 is 4.79 Å². The molecule has 1 fully saturated rings. The topological polar surface area (TPSA) is 86.9 Å². The van der Waals surface area contributed by atoms with Crippen LogP contribution in [0.1, 0.15) is 61.8 Å². The summed E-state index contributed by atoms with van der Waals surface area (Å²) in [7, 11) is 0. The highest BCUT2D eigenvalue weighted by atomic mass is 16.1. The molecule has 3 rings (SSSR count). The third-order valence-electron chi connectivity index (χ3n) is 4.96. The number of hydrogen-bond acceptors (Lipinski definition) is 3. The number of aromatic nitrogens is 2. The highest BCUT2D eigenvalue weighted by molar-refractivity contribution is 5.84. The van der Waals surface area contributed by atoms with Gasteiger partial charge in [-0.25, -0.2) is 4.98 Å². The molecule has 0 bridgehead atoms. The van der Waals surface area contributed by atoms with E-state index >= 15 is 0 Å². The van der Waals surface area contributed by atoms with E-state index in [1.54, 1.807) is 0 Å². The molecule has 110 valence electrons. The van der Waals surface area contributed by atoms with E-state index in [0.29, 0.717) is 12.8 Å². The second-order valence-corrected chi connectivity index (χ2v) is 6.40.